The summed E-state index contributed by atoms with van der Waals surface area (Å²) >= 11 is 0. The molecule has 1 saturated heterocycles. The molecule has 0 bridgehead atoms. The smallest absolute Gasteiger partial charge is 0.325 e. The first-order chi connectivity index (χ1) is 14.5. The van der Waals surface area contributed by atoms with Crippen LogP contribution in [0.5, 0.6) is 0 Å². The lowest BCUT2D eigenvalue weighted by Crippen LogP contribution is -2.41. The monoisotopic (exact) mass is 403 g/mol. The minimum atomic E-state index is -0.538. The molecule has 0 aliphatic carbocycles. The number of aromatic nitrogens is 2. The number of carbonyl (C=O) groups excluding carboxylic acids is 3. The summed E-state index contributed by atoms with van der Waals surface area (Å²) in [5.41, 5.74) is 3.48. The number of urea groups is 1. The number of imide groups is 1. The van der Waals surface area contributed by atoms with Crippen molar-refractivity contribution in [2.75, 3.05) is 20.1 Å². The summed E-state index contributed by atoms with van der Waals surface area (Å²) in [6.45, 7) is -0.0635. The Bertz CT molecular complexity index is 1060. The third-order valence-corrected chi connectivity index (χ3v) is 4.92. The molecule has 0 saturated carbocycles. The second-order valence-corrected chi connectivity index (χ2v) is 7.04. The largest absolute Gasteiger partial charge is 0.340 e. The van der Waals surface area contributed by atoms with E-state index >= 15 is 0 Å². The second-order valence-electron chi connectivity index (χ2n) is 7.04. The van der Waals surface area contributed by atoms with Gasteiger partial charge in [0.1, 0.15) is 6.54 Å². The predicted molar refractivity (Wildman–Crippen MR) is 111 cm³/mol. The standard InChI is InChI=1S/C22H21N5O3/c1-25(20(29)15-26-19(28)12-23-22(26)30)13-17-14-27(18-10-6-3-7-11-18)24-21(17)16-8-4-2-5-9-16/h2-11,14H,12-13,15H2,1H3,(H,23,30). The summed E-state index contributed by atoms with van der Waals surface area (Å²) in [7, 11) is 1.65. The minimum Gasteiger partial charge on any atom is -0.340 e. The lowest BCUT2D eigenvalue weighted by Gasteiger charge is -2.20. The molecule has 2 aromatic carbocycles. The molecule has 30 heavy (non-hydrogen) atoms. The fourth-order valence-electron chi connectivity index (χ4n) is 3.29. The number of carbonyl (C=O) groups is 3. The Morgan fingerprint density at radius 2 is 1.73 bits per heavy atom. The summed E-state index contributed by atoms with van der Waals surface area (Å²) in [5, 5.41) is 7.16. The molecule has 2 heterocycles. The van der Waals surface area contributed by atoms with E-state index in [2.05, 4.69) is 5.32 Å². The van der Waals surface area contributed by atoms with Crippen LogP contribution in [0.3, 0.4) is 0 Å². The van der Waals surface area contributed by atoms with E-state index in [4.69, 9.17) is 5.10 Å². The zero-order valence-corrected chi connectivity index (χ0v) is 16.5. The molecule has 1 aliphatic heterocycles. The van der Waals surface area contributed by atoms with E-state index in [1.165, 1.54) is 4.90 Å². The van der Waals surface area contributed by atoms with Gasteiger partial charge in [-0.25, -0.2) is 9.48 Å². The number of benzene rings is 2. The van der Waals surface area contributed by atoms with Crippen molar-refractivity contribution in [1.29, 1.82) is 0 Å². The van der Waals surface area contributed by atoms with E-state index in [0.29, 0.717) is 6.54 Å². The summed E-state index contributed by atoms with van der Waals surface area (Å²) < 4.78 is 1.79. The molecule has 4 rings (SSSR count). The number of rotatable bonds is 6. The minimum absolute atomic E-state index is 0.0716. The van der Waals surface area contributed by atoms with Gasteiger partial charge in [-0.15, -0.1) is 0 Å². The molecule has 152 valence electrons. The number of hydrogen-bond acceptors (Lipinski definition) is 4. The van der Waals surface area contributed by atoms with Crippen LogP contribution in [0.1, 0.15) is 5.56 Å². The van der Waals surface area contributed by atoms with Crippen LogP contribution in [0.15, 0.2) is 66.9 Å². The number of nitrogens with zero attached hydrogens (tertiary/aromatic N) is 4. The molecular weight excluding hydrogens is 382 g/mol. The highest BCUT2D eigenvalue weighted by Crippen LogP contribution is 2.24. The summed E-state index contributed by atoms with van der Waals surface area (Å²) in [6.07, 6.45) is 1.90. The van der Waals surface area contributed by atoms with Gasteiger partial charge in [-0.2, -0.15) is 5.10 Å². The van der Waals surface area contributed by atoms with Crippen molar-refractivity contribution in [2.45, 2.75) is 6.54 Å². The van der Waals surface area contributed by atoms with Crippen LogP contribution in [0, 0.1) is 0 Å². The van der Waals surface area contributed by atoms with Gasteiger partial charge in [0.15, 0.2) is 0 Å². The van der Waals surface area contributed by atoms with Gasteiger partial charge in [0.05, 0.1) is 17.9 Å². The van der Waals surface area contributed by atoms with E-state index in [0.717, 1.165) is 27.4 Å². The molecule has 0 atom stereocenters. The number of likely N-dealkylation sites (N-methyl/N-ethyl adjacent to an activating group) is 1. The highest BCUT2D eigenvalue weighted by Gasteiger charge is 2.31. The summed E-state index contributed by atoms with van der Waals surface area (Å²) in [5.74, 6) is -0.726. The molecular formula is C22H21N5O3. The SMILES string of the molecule is CN(Cc1cn(-c2ccccc2)nc1-c1ccccc1)C(=O)CN1C(=O)CNC1=O. The normalized spacial score (nSPS) is 13.4. The number of amides is 4. The van der Waals surface area contributed by atoms with Crippen LogP contribution >= 0.6 is 0 Å². The fourth-order valence-corrected chi connectivity index (χ4v) is 3.29. The van der Waals surface area contributed by atoms with E-state index in [1.807, 2.05) is 66.9 Å². The first kappa shape index (κ1) is 19.4. The molecule has 1 aromatic heterocycles. The van der Waals surface area contributed by atoms with Crippen molar-refractivity contribution in [3.8, 4) is 16.9 Å². The maximum atomic E-state index is 12.6. The molecule has 0 spiro atoms. The van der Waals surface area contributed by atoms with Gasteiger partial charge in [-0.3, -0.25) is 14.5 Å². The van der Waals surface area contributed by atoms with Crippen LogP contribution in [-0.4, -0.2) is 57.6 Å². The molecule has 4 amide bonds. The Labute approximate surface area is 173 Å². The van der Waals surface area contributed by atoms with E-state index in [9.17, 15) is 14.4 Å². The van der Waals surface area contributed by atoms with Crippen LogP contribution in [-0.2, 0) is 16.1 Å². The summed E-state index contributed by atoms with van der Waals surface area (Å²) in [4.78, 5) is 38.5. The first-order valence-electron chi connectivity index (χ1n) is 9.54. The fraction of sp³-hybridized carbons (Fsp3) is 0.182. The molecule has 1 aliphatic rings. The van der Waals surface area contributed by atoms with E-state index < -0.39 is 11.9 Å². The molecule has 8 heteroatoms. The Kier molecular flexibility index (Phi) is 5.30. The van der Waals surface area contributed by atoms with E-state index in [-0.39, 0.29) is 19.0 Å². The molecule has 1 N–H and O–H groups in total. The van der Waals surface area contributed by atoms with Crippen molar-refractivity contribution in [2.24, 2.45) is 0 Å². The zero-order chi connectivity index (χ0) is 21.1. The van der Waals surface area contributed by atoms with E-state index in [1.54, 1.807) is 11.7 Å². The van der Waals surface area contributed by atoms with Gasteiger partial charge in [0.25, 0.3) is 5.91 Å². The average molecular weight is 403 g/mol. The quantitative estimate of drug-likeness (QED) is 0.638. The Morgan fingerprint density at radius 3 is 2.37 bits per heavy atom. The zero-order valence-electron chi connectivity index (χ0n) is 16.5. The third-order valence-electron chi connectivity index (χ3n) is 4.92. The van der Waals surface area contributed by atoms with Crippen LogP contribution in [0.25, 0.3) is 16.9 Å². The van der Waals surface area contributed by atoms with Gasteiger partial charge in [-0.05, 0) is 12.1 Å². The highest BCUT2D eigenvalue weighted by atomic mass is 16.2. The van der Waals surface area contributed by atoms with Gasteiger partial charge in [0, 0.05) is 30.9 Å². The Morgan fingerprint density at radius 1 is 1.07 bits per heavy atom. The summed E-state index contributed by atoms with van der Waals surface area (Å²) in [6, 6.07) is 18.9. The third kappa shape index (κ3) is 3.93. The van der Waals surface area contributed by atoms with Gasteiger partial charge in [0.2, 0.25) is 5.91 Å². The Balaban J connectivity index is 1.59. The van der Waals surface area contributed by atoms with Crippen molar-refractivity contribution in [1.82, 2.24) is 24.9 Å². The van der Waals surface area contributed by atoms with Crippen LogP contribution in [0.4, 0.5) is 4.79 Å². The lowest BCUT2D eigenvalue weighted by molar-refractivity contribution is -0.135. The van der Waals surface area contributed by atoms with Crippen molar-refractivity contribution < 1.29 is 14.4 Å². The van der Waals surface area contributed by atoms with Gasteiger partial charge < -0.3 is 10.2 Å². The second kappa shape index (κ2) is 8.20. The molecule has 8 nitrogen and oxygen atoms in total. The maximum Gasteiger partial charge on any atom is 0.325 e. The van der Waals surface area contributed by atoms with Crippen molar-refractivity contribution in [3.63, 3.8) is 0 Å². The average Bonchev–Trinajstić information content (AvgIpc) is 3.33. The predicted octanol–water partition coefficient (Wildman–Crippen LogP) is 2.05. The number of para-hydroxylation sites is 1. The van der Waals surface area contributed by atoms with Gasteiger partial charge in [-0.1, -0.05) is 48.5 Å². The highest BCUT2D eigenvalue weighted by molar-refractivity contribution is 6.04. The van der Waals surface area contributed by atoms with Crippen molar-refractivity contribution >= 4 is 17.8 Å². The van der Waals surface area contributed by atoms with Crippen LogP contribution in [0.2, 0.25) is 0 Å². The number of nitrogens with one attached hydrogen (secondary N) is 1. The van der Waals surface area contributed by atoms with Crippen molar-refractivity contribution in [3.05, 3.63) is 72.4 Å². The molecule has 1 fully saturated rings. The topological polar surface area (TPSA) is 87.5 Å². The number of hydrogen-bond donors (Lipinski definition) is 1. The van der Waals surface area contributed by atoms with Gasteiger partial charge >= 0.3 is 6.03 Å². The molecule has 0 radical (unpaired) electrons. The molecule has 0 unspecified atom stereocenters. The lowest BCUT2D eigenvalue weighted by atomic mass is 10.1. The maximum absolute atomic E-state index is 12.6. The Hall–Kier alpha value is -3.94. The van der Waals surface area contributed by atoms with Crippen LogP contribution < -0.4 is 5.32 Å². The molecule has 3 aromatic rings. The first-order valence-corrected chi connectivity index (χ1v) is 9.54.